The molecule has 0 fully saturated rings. The number of rotatable bonds is 6. The van der Waals surface area contributed by atoms with E-state index in [0.29, 0.717) is 0 Å². The maximum absolute atomic E-state index is 8.84. The minimum absolute atomic E-state index is 0.222. The van der Waals surface area contributed by atoms with Crippen LogP contribution in [0.5, 0.6) is 0 Å². The number of aromatic nitrogens is 2. The quantitative estimate of drug-likeness (QED) is 0.644. The third-order valence-corrected chi connectivity index (χ3v) is 3.42. The largest absolute Gasteiger partial charge is 0.396 e. The molecule has 0 saturated heterocycles. The summed E-state index contributed by atoms with van der Waals surface area (Å²) < 4.78 is 1.94. The zero-order chi connectivity index (χ0) is 15.2. The van der Waals surface area contributed by atoms with E-state index in [1.165, 1.54) is 5.56 Å². The Hall–Kier alpha value is -2.01. The van der Waals surface area contributed by atoms with Gasteiger partial charge in [0.25, 0.3) is 0 Å². The molecule has 0 aliphatic rings. The fourth-order valence-corrected chi connectivity index (χ4v) is 2.14. The van der Waals surface area contributed by atoms with E-state index in [-0.39, 0.29) is 6.61 Å². The molecule has 2 aromatic rings. The summed E-state index contributed by atoms with van der Waals surface area (Å²) in [6.07, 6.45) is 1.70. The van der Waals surface area contributed by atoms with E-state index in [0.717, 1.165) is 42.1 Å². The van der Waals surface area contributed by atoms with Gasteiger partial charge < -0.3 is 5.11 Å². The highest BCUT2D eigenvalue weighted by Gasteiger charge is 2.10. The van der Waals surface area contributed by atoms with E-state index >= 15 is 0 Å². The molecular weight excluding hydrogens is 264 g/mol. The molecule has 5 nitrogen and oxygen atoms in total. The zero-order valence-electron chi connectivity index (χ0n) is 12.9. The standard InChI is InChI=1S/C16H22N4O/c1-12-6-8-15(9-7-12)17-18-16-13(2)19-20(14(16)3)10-4-5-11-21/h6-9,21H,4-5,10-11H2,1-3H3. The average molecular weight is 286 g/mol. The van der Waals surface area contributed by atoms with Crippen LogP contribution in [0.2, 0.25) is 0 Å². The Balaban J connectivity index is 2.14. The molecule has 0 unspecified atom stereocenters. The molecule has 1 N–H and O–H groups in total. The van der Waals surface area contributed by atoms with Crippen LogP contribution in [0.25, 0.3) is 0 Å². The molecule has 0 saturated carbocycles. The van der Waals surface area contributed by atoms with E-state index in [1.54, 1.807) is 0 Å². The summed E-state index contributed by atoms with van der Waals surface area (Å²) in [7, 11) is 0. The average Bonchev–Trinajstić information content (AvgIpc) is 2.74. The molecule has 112 valence electrons. The first-order valence-electron chi connectivity index (χ1n) is 7.25. The van der Waals surface area contributed by atoms with Gasteiger partial charge in [0, 0.05) is 13.2 Å². The summed E-state index contributed by atoms with van der Waals surface area (Å²) in [6.45, 7) is 7.01. The van der Waals surface area contributed by atoms with E-state index in [9.17, 15) is 0 Å². The highest BCUT2D eigenvalue weighted by Crippen LogP contribution is 2.25. The van der Waals surface area contributed by atoms with Crippen molar-refractivity contribution >= 4 is 11.4 Å². The lowest BCUT2D eigenvalue weighted by Gasteiger charge is -2.02. The molecule has 0 spiro atoms. The van der Waals surface area contributed by atoms with Gasteiger partial charge in [0.15, 0.2) is 0 Å². The molecule has 0 aliphatic carbocycles. The number of benzene rings is 1. The molecule has 0 aliphatic heterocycles. The second-order valence-corrected chi connectivity index (χ2v) is 5.21. The second-order valence-electron chi connectivity index (χ2n) is 5.21. The Morgan fingerprint density at radius 3 is 2.43 bits per heavy atom. The Kier molecular flexibility index (Phi) is 5.22. The highest BCUT2D eigenvalue weighted by atomic mass is 16.2. The van der Waals surface area contributed by atoms with Gasteiger partial charge >= 0.3 is 0 Å². The number of nitrogens with zero attached hydrogens (tertiary/aromatic N) is 4. The first-order chi connectivity index (χ1) is 10.1. The summed E-state index contributed by atoms with van der Waals surface area (Å²) >= 11 is 0. The van der Waals surface area contributed by atoms with Crippen LogP contribution in [0.4, 0.5) is 11.4 Å². The Labute approximate surface area is 125 Å². The van der Waals surface area contributed by atoms with Crippen molar-refractivity contribution in [2.45, 2.75) is 40.2 Å². The molecule has 2 rings (SSSR count). The van der Waals surface area contributed by atoms with Crippen molar-refractivity contribution in [1.29, 1.82) is 0 Å². The number of azo groups is 1. The van der Waals surface area contributed by atoms with Crippen molar-refractivity contribution in [3.63, 3.8) is 0 Å². The normalized spacial score (nSPS) is 11.4. The monoisotopic (exact) mass is 286 g/mol. The Morgan fingerprint density at radius 2 is 1.76 bits per heavy atom. The van der Waals surface area contributed by atoms with Crippen LogP contribution in [-0.4, -0.2) is 21.5 Å². The fraction of sp³-hybridized carbons (Fsp3) is 0.438. The maximum atomic E-state index is 8.84. The lowest BCUT2D eigenvalue weighted by molar-refractivity contribution is 0.280. The van der Waals surface area contributed by atoms with Gasteiger partial charge in [-0.25, -0.2) is 0 Å². The van der Waals surface area contributed by atoms with Crippen molar-refractivity contribution in [2.75, 3.05) is 6.61 Å². The molecule has 1 aromatic heterocycles. The predicted molar refractivity (Wildman–Crippen MR) is 83.4 cm³/mol. The van der Waals surface area contributed by atoms with Gasteiger partial charge in [0.2, 0.25) is 0 Å². The molecule has 0 atom stereocenters. The molecule has 21 heavy (non-hydrogen) atoms. The molecule has 0 amide bonds. The van der Waals surface area contributed by atoms with Crippen molar-refractivity contribution in [3.8, 4) is 0 Å². The van der Waals surface area contributed by atoms with Crippen LogP contribution >= 0.6 is 0 Å². The number of aliphatic hydroxyl groups excluding tert-OH is 1. The van der Waals surface area contributed by atoms with Crippen LogP contribution in [-0.2, 0) is 6.54 Å². The van der Waals surface area contributed by atoms with Gasteiger partial charge in [-0.15, -0.1) is 5.11 Å². The van der Waals surface area contributed by atoms with Crippen LogP contribution < -0.4 is 0 Å². The van der Waals surface area contributed by atoms with E-state index in [4.69, 9.17) is 5.11 Å². The maximum Gasteiger partial charge on any atom is 0.129 e. The first-order valence-corrected chi connectivity index (χ1v) is 7.25. The van der Waals surface area contributed by atoms with Gasteiger partial charge in [-0.3, -0.25) is 4.68 Å². The van der Waals surface area contributed by atoms with E-state index in [2.05, 4.69) is 15.3 Å². The lowest BCUT2D eigenvalue weighted by atomic mass is 10.2. The number of unbranched alkanes of at least 4 members (excludes halogenated alkanes) is 1. The second kappa shape index (κ2) is 7.13. The molecule has 0 radical (unpaired) electrons. The van der Waals surface area contributed by atoms with Crippen LogP contribution in [0.3, 0.4) is 0 Å². The third-order valence-electron chi connectivity index (χ3n) is 3.42. The van der Waals surface area contributed by atoms with Gasteiger partial charge in [0.1, 0.15) is 5.69 Å². The van der Waals surface area contributed by atoms with E-state index in [1.807, 2.05) is 49.7 Å². The van der Waals surface area contributed by atoms with Gasteiger partial charge in [-0.05, 0) is 45.7 Å². The minimum Gasteiger partial charge on any atom is -0.396 e. The van der Waals surface area contributed by atoms with Crippen molar-refractivity contribution < 1.29 is 5.11 Å². The number of hydrogen-bond donors (Lipinski definition) is 1. The van der Waals surface area contributed by atoms with Crippen LogP contribution in [0.15, 0.2) is 34.5 Å². The minimum atomic E-state index is 0.222. The van der Waals surface area contributed by atoms with Crippen molar-refractivity contribution in [1.82, 2.24) is 9.78 Å². The van der Waals surface area contributed by atoms with Crippen LogP contribution in [0, 0.1) is 20.8 Å². The number of hydrogen-bond acceptors (Lipinski definition) is 4. The third kappa shape index (κ3) is 3.98. The summed E-state index contributed by atoms with van der Waals surface area (Å²) in [5.41, 5.74) is 4.78. The molecule has 5 heteroatoms. The predicted octanol–water partition coefficient (Wildman–Crippen LogP) is 4.00. The summed E-state index contributed by atoms with van der Waals surface area (Å²) in [5.74, 6) is 0. The molecular formula is C16H22N4O. The Morgan fingerprint density at radius 1 is 1.05 bits per heavy atom. The topological polar surface area (TPSA) is 62.8 Å². The van der Waals surface area contributed by atoms with Gasteiger partial charge in [-0.1, -0.05) is 17.7 Å². The number of aryl methyl sites for hydroxylation is 3. The van der Waals surface area contributed by atoms with E-state index < -0.39 is 0 Å². The van der Waals surface area contributed by atoms with Crippen LogP contribution in [0.1, 0.15) is 29.8 Å². The zero-order valence-corrected chi connectivity index (χ0v) is 12.9. The van der Waals surface area contributed by atoms with Gasteiger partial charge in [0.05, 0.1) is 17.1 Å². The van der Waals surface area contributed by atoms with Gasteiger partial charge in [-0.2, -0.15) is 10.2 Å². The SMILES string of the molecule is Cc1ccc(N=Nc2c(C)nn(CCCCO)c2C)cc1. The summed E-state index contributed by atoms with van der Waals surface area (Å²) in [5, 5.41) is 22.0. The number of aliphatic hydroxyl groups is 1. The molecule has 1 aromatic carbocycles. The smallest absolute Gasteiger partial charge is 0.129 e. The Bertz CT molecular complexity index is 614. The summed E-state index contributed by atoms with van der Waals surface area (Å²) in [6, 6.07) is 7.95. The lowest BCUT2D eigenvalue weighted by Crippen LogP contribution is -2.03. The molecule has 1 heterocycles. The summed E-state index contributed by atoms with van der Waals surface area (Å²) in [4.78, 5) is 0. The highest BCUT2D eigenvalue weighted by molar-refractivity contribution is 5.47. The first kappa shape index (κ1) is 15.4. The van der Waals surface area contributed by atoms with Crippen molar-refractivity contribution in [2.24, 2.45) is 10.2 Å². The van der Waals surface area contributed by atoms with Crippen molar-refractivity contribution in [3.05, 3.63) is 41.2 Å². The molecule has 0 bridgehead atoms. The fourth-order valence-electron chi connectivity index (χ4n) is 2.14.